The molecule has 1 saturated heterocycles. The van der Waals surface area contributed by atoms with Gasteiger partial charge in [0.25, 0.3) is 5.79 Å². The van der Waals surface area contributed by atoms with E-state index >= 15 is 0 Å². The first-order valence-electron chi connectivity index (χ1n) is 9.91. The Hall–Kier alpha value is -3.98. The van der Waals surface area contributed by atoms with Gasteiger partial charge in [0.05, 0.1) is 24.7 Å². The van der Waals surface area contributed by atoms with E-state index < -0.39 is 17.7 Å². The minimum Gasteiger partial charge on any atom is -0.453 e. The molecule has 0 radical (unpaired) electrons. The summed E-state index contributed by atoms with van der Waals surface area (Å²) in [5, 5.41) is 4.84. The zero-order valence-electron chi connectivity index (χ0n) is 17.9. The van der Waals surface area contributed by atoms with Crippen molar-refractivity contribution in [1.29, 1.82) is 0 Å². The molecule has 0 saturated carbocycles. The molecule has 2 aromatic rings. The van der Waals surface area contributed by atoms with Crippen LogP contribution in [-0.4, -0.2) is 36.6 Å². The molecule has 2 heterocycles. The Morgan fingerprint density at radius 1 is 0.938 bits per heavy atom. The summed E-state index contributed by atoms with van der Waals surface area (Å²) >= 11 is 0. The van der Waals surface area contributed by atoms with Crippen LogP contribution in [0, 0.1) is 0 Å². The summed E-state index contributed by atoms with van der Waals surface area (Å²) in [6.07, 6.45) is 3.05. The standard InChI is InChI=1S/C23H23N3O6/c1-23(2)31-21(27)19(22(28)32-23)14-25(17-10-6-4-7-11-17)26(18-12-8-5-9-13-18)20-15-24(29-3)16-30-20/h4-15H,16H2,1-3H3. The highest BCUT2D eigenvalue weighted by Crippen LogP contribution is 2.31. The van der Waals surface area contributed by atoms with Gasteiger partial charge in [0.1, 0.15) is 0 Å². The van der Waals surface area contributed by atoms with Crippen LogP contribution in [0.4, 0.5) is 11.4 Å². The topological polar surface area (TPSA) is 80.8 Å². The van der Waals surface area contributed by atoms with E-state index in [1.807, 2.05) is 60.7 Å². The predicted molar refractivity (Wildman–Crippen MR) is 115 cm³/mol. The molecule has 9 nitrogen and oxygen atoms in total. The highest BCUT2D eigenvalue weighted by molar-refractivity contribution is 6.15. The molecule has 0 aromatic heterocycles. The zero-order chi connectivity index (χ0) is 22.7. The van der Waals surface area contributed by atoms with Crippen LogP contribution < -0.4 is 10.0 Å². The van der Waals surface area contributed by atoms with E-state index in [0.29, 0.717) is 11.6 Å². The fraction of sp³-hybridized carbons (Fsp3) is 0.217. The van der Waals surface area contributed by atoms with Gasteiger partial charge < -0.3 is 14.2 Å². The van der Waals surface area contributed by atoms with E-state index in [0.717, 1.165) is 5.69 Å². The zero-order valence-corrected chi connectivity index (χ0v) is 17.9. The first-order chi connectivity index (χ1) is 15.4. The summed E-state index contributed by atoms with van der Waals surface area (Å²) in [5.41, 5.74) is 1.13. The number of carbonyl (C=O) groups excluding carboxylic acids is 2. The van der Waals surface area contributed by atoms with Crippen LogP contribution in [-0.2, 0) is 28.6 Å². The third-order valence-electron chi connectivity index (χ3n) is 4.64. The molecule has 2 aliphatic heterocycles. The summed E-state index contributed by atoms with van der Waals surface area (Å²) in [7, 11) is 1.53. The molecule has 0 bridgehead atoms. The lowest BCUT2D eigenvalue weighted by molar-refractivity contribution is -0.222. The summed E-state index contributed by atoms with van der Waals surface area (Å²) in [4.78, 5) is 30.6. The third kappa shape index (κ3) is 4.37. The van der Waals surface area contributed by atoms with Crippen molar-refractivity contribution in [3.63, 3.8) is 0 Å². The molecule has 1 fully saturated rings. The van der Waals surface area contributed by atoms with Gasteiger partial charge in [-0.15, -0.1) is 0 Å². The van der Waals surface area contributed by atoms with E-state index in [4.69, 9.17) is 19.0 Å². The van der Waals surface area contributed by atoms with Crippen molar-refractivity contribution < 1.29 is 28.6 Å². The number of hydroxylamine groups is 2. The van der Waals surface area contributed by atoms with Gasteiger partial charge in [-0.25, -0.2) is 19.7 Å². The maximum Gasteiger partial charge on any atom is 0.350 e. The number of hydrogen-bond donors (Lipinski definition) is 0. The van der Waals surface area contributed by atoms with Crippen molar-refractivity contribution in [2.24, 2.45) is 0 Å². The smallest absolute Gasteiger partial charge is 0.350 e. The van der Waals surface area contributed by atoms with Crippen LogP contribution in [0.3, 0.4) is 0 Å². The first-order valence-corrected chi connectivity index (χ1v) is 9.91. The van der Waals surface area contributed by atoms with Gasteiger partial charge in [-0.3, -0.25) is 9.85 Å². The van der Waals surface area contributed by atoms with Crippen molar-refractivity contribution >= 4 is 23.3 Å². The lowest BCUT2D eigenvalue weighted by Crippen LogP contribution is -2.44. The first kappa shape index (κ1) is 21.3. The van der Waals surface area contributed by atoms with E-state index in [-0.39, 0.29) is 12.3 Å². The molecule has 2 aromatic carbocycles. The molecule has 32 heavy (non-hydrogen) atoms. The van der Waals surface area contributed by atoms with E-state index in [1.165, 1.54) is 32.2 Å². The summed E-state index contributed by atoms with van der Waals surface area (Å²) in [6.45, 7) is 3.18. The number of benzene rings is 2. The van der Waals surface area contributed by atoms with Gasteiger partial charge in [-0.1, -0.05) is 36.4 Å². The Kier molecular flexibility index (Phi) is 5.74. The summed E-state index contributed by atoms with van der Waals surface area (Å²) < 4.78 is 16.4. The fourth-order valence-electron chi connectivity index (χ4n) is 3.19. The minimum atomic E-state index is -1.34. The van der Waals surface area contributed by atoms with Crippen molar-refractivity contribution in [2.75, 3.05) is 23.9 Å². The maximum absolute atomic E-state index is 12.7. The molecular weight excluding hydrogens is 414 g/mol. The van der Waals surface area contributed by atoms with Crippen LogP contribution in [0.5, 0.6) is 0 Å². The number of cyclic esters (lactones) is 2. The number of nitrogens with zero attached hydrogens (tertiary/aromatic N) is 3. The van der Waals surface area contributed by atoms with Crippen LogP contribution >= 0.6 is 0 Å². The summed E-state index contributed by atoms with van der Waals surface area (Å²) in [5.74, 6) is -2.48. The molecule has 2 aliphatic rings. The average molecular weight is 437 g/mol. The molecule has 0 unspecified atom stereocenters. The third-order valence-corrected chi connectivity index (χ3v) is 4.64. The van der Waals surface area contributed by atoms with E-state index in [9.17, 15) is 9.59 Å². The molecule has 0 spiro atoms. The second-order valence-corrected chi connectivity index (χ2v) is 7.39. The number of anilines is 2. The quantitative estimate of drug-likeness (QED) is 0.293. The van der Waals surface area contributed by atoms with Crippen LogP contribution in [0.15, 0.2) is 84.5 Å². The van der Waals surface area contributed by atoms with E-state index in [1.54, 1.807) is 16.2 Å². The van der Waals surface area contributed by atoms with Crippen LogP contribution in [0.25, 0.3) is 0 Å². The molecular formula is C23H23N3O6. The van der Waals surface area contributed by atoms with Crippen molar-refractivity contribution in [1.82, 2.24) is 5.06 Å². The minimum absolute atomic E-state index is 0.173. The maximum atomic E-state index is 12.7. The van der Waals surface area contributed by atoms with Gasteiger partial charge in [0.2, 0.25) is 5.88 Å². The number of hydrazine groups is 1. The van der Waals surface area contributed by atoms with Crippen LogP contribution in [0.1, 0.15) is 13.8 Å². The van der Waals surface area contributed by atoms with Crippen molar-refractivity contribution in [3.05, 3.63) is 84.5 Å². The largest absolute Gasteiger partial charge is 0.453 e. The fourth-order valence-corrected chi connectivity index (χ4v) is 3.19. The SMILES string of the molecule is CON1C=C(N(c2ccccc2)N(C=C2C(=O)OC(C)(C)OC2=O)c2ccccc2)OC1. The second kappa shape index (κ2) is 8.64. The van der Waals surface area contributed by atoms with E-state index in [2.05, 4.69) is 0 Å². The Labute approximate surface area is 185 Å². The Morgan fingerprint density at radius 3 is 2.03 bits per heavy atom. The Balaban J connectivity index is 1.85. The lowest BCUT2D eigenvalue weighted by Gasteiger charge is -2.36. The number of hydrogen-bond acceptors (Lipinski definition) is 9. The highest BCUT2D eigenvalue weighted by Gasteiger charge is 2.40. The van der Waals surface area contributed by atoms with Gasteiger partial charge in [-0.2, -0.15) is 0 Å². The van der Waals surface area contributed by atoms with Gasteiger partial charge in [0.15, 0.2) is 12.3 Å². The Bertz CT molecular complexity index is 1030. The van der Waals surface area contributed by atoms with Crippen molar-refractivity contribution in [3.8, 4) is 0 Å². The monoisotopic (exact) mass is 437 g/mol. The number of para-hydroxylation sites is 2. The molecule has 0 aliphatic carbocycles. The molecule has 4 rings (SSSR count). The predicted octanol–water partition coefficient (Wildman–Crippen LogP) is 3.28. The number of rotatable bonds is 6. The van der Waals surface area contributed by atoms with Gasteiger partial charge >= 0.3 is 11.9 Å². The average Bonchev–Trinajstić information content (AvgIpc) is 3.24. The summed E-state index contributed by atoms with van der Waals surface area (Å²) in [6, 6.07) is 18.6. The lowest BCUT2D eigenvalue weighted by atomic mass is 10.2. The number of ether oxygens (including phenoxy) is 3. The normalized spacial score (nSPS) is 17.2. The molecule has 0 atom stereocenters. The molecule has 0 amide bonds. The van der Waals surface area contributed by atoms with Gasteiger partial charge in [-0.05, 0) is 24.3 Å². The molecule has 166 valence electrons. The number of esters is 2. The highest BCUT2D eigenvalue weighted by atomic mass is 16.7. The Morgan fingerprint density at radius 2 is 1.50 bits per heavy atom. The molecule has 9 heteroatoms. The number of carbonyl (C=O) groups is 2. The second-order valence-electron chi connectivity index (χ2n) is 7.39. The van der Waals surface area contributed by atoms with Gasteiger partial charge in [0, 0.05) is 20.0 Å². The van der Waals surface area contributed by atoms with Crippen molar-refractivity contribution in [2.45, 2.75) is 19.6 Å². The van der Waals surface area contributed by atoms with Crippen LogP contribution in [0.2, 0.25) is 0 Å². The molecule has 0 N–H and O–H groups in total.